The Balaban J connectivity index is 2.75. The zero-order chi connectivity index (χ0) is 12.1. The maximum absolute atomic E-state index is 11.0. The Morgan fingerprint density at radius 3 is 2.75 bits per heavy atom. The van der Waals surface area contributed by atoms with Crippen molar-refractivity contribution in [3.05, 3.63) is 27.3 Å². The van der Waals surface area contributed by atoms with Gasteiger partial charge in [-0.3, -0.25) is 0 Å². The Hall–Kier alpha value is -0.780. The van der Waals surface area contributed by atoms with Gasteiger partial charge in [-0.15, -0.1) is 0 Å². The first-order valence-corrected chi connectivity index (χ1v) is 6.24. The van der Waals surface area contributed by atoms with Crippen molar-refractivity contribution in [2.75, 3.05) is 6.61 Å². The number of ether oxygens (including phenoxy) is 1. The lowest BCUT2D eigenvalue weighted by Gasteiger charge is -2.10. The minimum atomic E-state index is -0.946. The summed E-state index contributed by atoms with van der Waals surface area (Å²) in [5.41, 5.74) is 0.232. The quantitative estimate of drug-likeness (QED) is 0.840. The Kier molecular flexibility index (Phi) is 5.05. The molecule has 88 valence electrons. The number of halogens is 1. The molecule has 0 saturated heterocycles. The molecule has 0 aliphatic rings. The number of carboxylic acids is 1. The Labute approximate surface area is 109 Å². The molecule has 0 unspecified atom stereocenters. The van der Waals surface area contributed by atoms with Gasteiger partial charge in [0.05, 0.1) is 6.61 Å². The molecule has 0 spiro atoms. The number of rotatable bonds is 5. The summed E-state index contributed by atoms with van der Waals surface area (Å²) >= 11 is 2.08. The van der Waals surface area contributed by atoms with Gasteiger partial charge in [-0.25, -0.2) is 4.79 Å². The smallest absolute Gasteiger partial charge is 0.339 e. The molecule has 0 amide bonds. The van der Waals surface area contributed by atoms with E-state index in [0.717, 1.165) is 9.99 Å². The predicted octanol–water partition coefficient (Wildman–Crippen LogP) is 3.41. The van der Waals surface area contributed by atoms with Crippen molar-refractivity contribution in [1.29, 1.82) is 0 Å². The van der Waals surface area contributed by atoms with Gasteiger partial charge in [0.15, 0.2) is 0 Å². The van der Waals surface area contributed by atoms with E-state index in [2.05, 4.69) is 36.4 Å². The van der Waals surface area contributed by atoms with Crippen molar-refractivity contribution in [3.63, 3.8) is 0 Å². The fourth-order valence-electron chi connectivity index (χ4n) is 1.20. The van der Waals surface area contributed by atoms with E-state index in [-0.39, 0.29) is 5.56 Å². The molecule has 0 aliphatic heterocycles. The van der Waals surface area contributed by atoms with Gasteiger partial charge < -0.3 is 9.84 Å². The van der Waals surface area contributed by atoms with Crippen molar-refractivity contribution >= 4 is 28.6 Å². The van der Waals surface area contributed by atoms with Crippen molar-refractivity contribution in [3.8, 4) is 5.75 Å². The highest BCUT2D eigenvalue weighted by atomic mass is 127. The van der Waals surface area contributed by atoms with E-state index in [1.54, 1.807) is 12.1 Å². The van der Waals surface area contributed by atoms with E-state index in [1.165, 1.54) is 0 Å². The lowest BCUT2D eigenvalue weighted by molar-refractivity contribution is 0.0692. The standard InChI is InChI=1S/C12H15IO3/c1-8(2)5-6-16-11-4-3-9(13)7-10(11)12(14)15/h3-4,7-8H,5-6H2,1-2H3,(H,14,15). The molecule has 1 aromatic rings. The summed E-state index contributed by atoms with van der Waals surface area (Å²) < 4.78 is 6.37. The maximum atomic E-state index is 11.0. The molecule has 1 N–H and O–H groups in total. The van der Waals surface area contributed by atoms with Crippen LogP contribution in [0.3, 0.4) is 0 Å². The summed E-state index contributed by atoms with van der Waals surface area (Å²) in [4.78, 5) is 11.0. The van der Waals surface area contributed by atoms with Crippen LogP contribution in [0.25, 0.3) is 0 Å². The van der Waals surface area contributed by atoms with E-state index in [9.17, 15) is 4.79 Å². The van der Waals surface area contributed by atoms with E-state index < -0.39 is 5.97 Å². The van der Waals surface area contributed by atoms with E-state index in [4.69, 9.17) is 9.84 Å². The van der Waals surface area contributed by atoms with Crippen molar-refractivity contribution < 1.29 is 14.6 Å². The molecule has 0 fully saturated rings. The van der Waals surface area contributed by atoms with Gasteiger partial charge in [0, 0.05) is 3.57 Å². The van der Waals surface area contributed by atoms with Gasteiger partial charge >= 0.3 is 5.97 Å². The molecule has 0 bridgehead atoms. The third kappa shape index (κ3) is 4.00. The summed E-state index contributed by atoms with van der Waals surface area (Å²) in [5, 5.41) is 9.02. The molecule has 0 radical (unpaired) electrons. The minimum absolute atomic E-state index is 0.232. The van der Waals surface area contributed by atoms with E-state index in [1.807, 2.05) is 6.07 Å². The molecule has 0 atom stereocenters. The lowest BCUT2D eigenvalue weighted by atomic mass is 10.1. The molecule has 0 heterocycles. The van der Waals surface area contributed by atoms with Crippen molar-refractivity contribution in [2.24, 2.45) is 5.92 Å². The van der Waals surface area contributed by atoms with Crippen LogP contribution in [0.5, 0.6) is 5.75 Å². The number of benzene rings is 1. The molecule has 3 nitrogen and oxygen atoms in total. The normalized spacial score (nSPS) is 10.5. The third-order valence-corrected chi connectivity index (χ3v) is 2.80. The lowest BCUT2D eigenvalue weighted by Crippen LogP contribution is -2.06. The molecule has 1 rings (SSSR count). The molecular weight excluding hydrogens is 319 g/mol. The van der Waals surface area contributed by atoms with Crippen LogP contribution < -0.4 is 4.74 Å². The Morgan fingerprint density at radius 1 is 1.50 bits per heavy atom. The summed E-state index contributed by atoms with van der Waals surface area (Å²) in [6, 6.07) is 5.18. The maximum Gasteiger partial charge on any atom is 0.339 e. The second-order valence-electron chi connectivity index (χ2n) is 3.98. The van der Waals surface area contributed by atoms with E-state index in [0.29, 0.717) is 18.3 Å². The molecule has 4 heteroatoms. The molecule has 1 aromatic carbocycles. The van der Waals surface area contributed by atoms with Crippen LogP contribution in [-0.4, -0.2) is 17.7 Å². The van der Waals surface area contributed by atoms with Crippen LogP contribution in [0, 0.1) is 9.49 Å². The van der Waals surface area contributed by atoms with Crippen molar-refractivity contribution in [1.82, 2.24) is 0 Å². The fourth-order valence-corrected chi connectivity index (χ4v) is 1.69. The summed E-state index contributed by atoms with van der Waals surface area (Å²) in [6.45, 7) is 4.77. The summed E-state index contributed by atoms with van der Waals surface area (Å²) in [7, 11) is 0. The number of carbonyl (C=O) groups is 1. The largest absolute Gasteiger partial charge is 0.493 e. The number of hydrogen-bond acceptors (Lipinski definition) is 2. The monoisotopic (exact) mass is 334 g/mol. The third-order valence-electron chi connectivity index (χ3n) is 2.12. The first-order valence-electron chi connectivity index (χ1n) is 5.16. The number of hydrogen-bond donors (Lipinski definition) is 1. The van der Waals surface area contributed by atoms with Crippen LogP contribution in [0.1, 0.15) is 30.6 Å². The van der Waals surface area contributed by atoms with Crippen LogP contribution in [0.15, 0.2) is 18.2 Å². The van der Waals surface area contributed by atoms with Crippen LogP contribution in [0.2, 0.25) is 0 Å². The average molecular weight is 334 g/mol. The van der Waals surface area contributed by atoms with Gasteiger partial charge in [0.2, 0.25) is 0 Å². The van der Waals surface area contributed by atoms with Crippen LogP contribution in [-0.2, 0) is 0 Å². The zero-order valence-electron chi connectivity index (χ0n) is 9.37. The molecule has 0 aliphatic carbocycles. The second kappa shape index (κ2) is 6.08. The molecule has 16 heavy (non-hydrogen) atoms. The van der Waals surface area contributed by atoms with E-state index >= 15 is 0 Å². The zero-order valence-corrected chi connectivity index (χ0v) is 11.5. The highest BCUT2D eigenvalue weighted by Crippen LogP contribution is 2.21. The van der Waals surface area contributed by atoms with Gasteiger partial charge in [0.25, 0.3) is 0 Å². The van der Waals surface area contributed by atoms with Crippen LogP contribution in [0.4, 0.5) is 0 Å². The van der Waals surface area contributed by atoms with Gasteiger partial charge in [-0.05, 0) is 53.1 Å². The summed E-state index contributed by atoms with van der Waals surface area (Å²) in [6.07, 6.45) is 0.922. The van der Waals surface area contributed by atoms with Gasteiger partial charge in [-0.2, -0.15) is 0 Å². The fraction of sp³-hybridized carbons (Fsp3) is 0.417. The highest BCUT2D eigenvalue weighted by molar-refractivity contribution is 14.1. The average Bonchev–Trinajstić information content (AvgIpc) is 2.19. The minimum Gasteiger partial charge on any atom is -0.493 e. The first-order chi connectivity index (χ1) is 7.50. The highest BCUT2D eigenvalue weighted by Gasteiger charge is 2.11. The molecule has 0 aromatic heterocycles. The SMILES string of the molecule is CC(C)CCOc1ccc(I)cc1C(=O)O. The van der Waals surface area contributed by atoms with Crippen molar-refractivity contribution in [2.45, 2.75) is 20.3 Å². The Bertz CT molecular complexity index is 375. The second-order valence-corrected chi connectivity index (χ2v) is 5.22. The first kappa shape index (κ1) is 13.3. The van der Waals surface area contributed by atoms with Gasteiger partial charge in [-0.1, -0.05) is 13.8 Å². The Morgan fingerprint density at radius 2 is 2.19 bits per heavy atom. The van der Waals surface area contributed by atoms with Gasteiger partial charge in [0.1, 0.15) is 11.3 Å². The van der Waals surface area contributed by atoms with Crippen LogP contribution >= 0.6 is 22.6 Å². The topological polar surface area (TPSA) is 46.5 Å². The summed E-state index contributed by atoms with van der Waals surface area (Å²) in [5.74, 6) is 0.0590. The number of carboxylic acid groups (broad SMARTS) is 1. The molecular formula is C12H15IO3. The molecule has 0 saturated carbocycles. The predicted molar refractivity (Wildman–Crippen MR) is 71.1 cm³/mol. The number of aromatic carboxylic acids is 1.